The lowest BCUT2D eigenvalue weighted by atomic mass is 9.49. The largest absolute Gasteiger partial charge is 0.481 e. The molecule has 2 aliphatic rings. The van der Waals surface area contributed by atoms with Crippen LogP contribution in [0.15, 0.2) is 36.4 Å². The van der Waals surface area contributed by atoms with E-state index in [1.165, 1.54) is 11.1 Å². The molecular formula is C27H32ClNO3. The zero-order chi connectivity index (χ0) is 23.3. The second-order valence-electron chi connectivity index (χ2n) is 10.3. The van der Waals surface area contributed by atoms with Crippen LogP contribution in [0.3, 0.4) is 0 Å². The molecule has 5 heteroatoms. The summed E-state index contributed by atoms with van der Waals surface area (Å²) < 4.78 is 0. The predicted octanol–water partition coefficient (Wildman–Crippen LogP) is 6.81. The van der Waals surface area contributed by atoms with Crippen LogP contribution < -0.4 is 5.32 Å². The Kier molecular flexibility index (Phi) is 5.87. The van der Waals surface area contributed by atoms with E-state index < -0.39 is 11.4 Å². The van der Waals surface area contributed by atoms with E-state index in [4.69, 9.17) is 11.6 Å². The average Bonchev–Trinajstić information content (AvgIpc) is 2.73. The van der Waals surface area contributed by atoms with Gasteiger partial charge in [-0.15, -0.1) is 0 Å². The molecule has 0 bridgehead atoms. The van der Waals surface area contributed by atoms with Crippen molar-refractivity contribution in [2.45, 2.75) is 71.1 Å². The van der Waals surface area contributed by atoms with Crippen LogP contribution >= 0.6 is 11.6 Å². The van der Waals surface area contributed by atoms with Gasteiger partial charge in [0.15, 0.2) is 0 Å². The van der Waals surface area contributed by atoms with E-state index in [2.05, 4.69) is 38.2 Å². The topological polar surface area (TPSA) is 66.4 Å². The first-order valence-electron chi connectivity index (χ1n) is 11.5. The predicted molar refractivity (Wildman–Crippen MR) is 129 cm³/mol. The van der Waals surface area contributed by atoms with Gasteiger partial charge in [0.1, 0.15) is 0 Å². The van der Waals surface area contributed by atoms with Crippen LogP contribution in [-0.4, -0.2) is 17.0 Å². The lowest BCUT2D eigenvalue weighted by molar-refractivity contribution is -0.157. The highest BCUT2D eigenvalue weighted by Gasteiger charge is 2.55. The van der Waals surface area contributed by atoms with Gasteiger partial charge in [-0.3, -0.25) is 9.59 Å². The quantitative estimate of drug-likeness (QED) is 0.534. The highest BCUT2D eigenvalue weighted by atomic mass is 35.5. The second kappa shape index (κ2) is 8.22. The number of fused-ring (bicyclic) bond motifs is 3. The van der Waals surface area contributed by atoms with Crippen molar-refractivity contribution in [3.63, 3.8) is 0 Å². The number of carbonyl (C=O) groups excluding carboxylic acids is 1. The van der Waals surface area contributed by atoms with Gasteiger partial charge in [0.2, 0.25) is 0 Å². The Morgan fingerprint density at radius 1 is 1.12 bits per heavy atom. The molecule has 0 saturated heterocycles. The Morgan fingerprint density at radius 2 is 1.81 bits per heavy atom. The van der Waals surface area contributed by atoms with Gasteiger partial charge in [-0.2, -0.15) is 0 Å². The molecule has 0 spiro atoms. The second-order valence-corrected chi connectivity index (χ2v) is 10.7. The summed E-state index contributed by atoms with van der Waals surface area (Å²) in [5.41, 5.74) is 4.07. The number of carbonyl (C=O) groups is 2. The number of benzene rings is 2. The molecule has 3 atom stereocenters. The zero-order valence-corrected chi connectivity index (χ0v) is 20.1. The van der Waals surface area contributed by atoms with Crippen molar-refractivity contribution >= 4 is 29.2 Å². The molecule has 2 aromatic rings. The minimum absolute atomic E-state index is 0.0819. The van der Waals surface area contributed by atoms with E-state index in [0.717, 1.165) is 43.4 Å². The van der Waals surface area contributed by atoms with Crippen LogP contribution in [-0.2, 0) is 16.6 Å². The molecule has 4 rings (SSSR count). The monoisotopic (exact) mass is 453 g/mol. The Morgan fingerprint density at radius 3 is 2.44 bits per heavy atom. The van der Waals surface area contributed by atoms with Crippen molar-refractivity contribution in [3.05, 3.63) is 63.7 Å². The summed E-state index contributed by atoms with van der Waals surface area (Å²) in [5, 5.41) is 13.8. The molecule has 2 aliphatic carbocycles. The van der Waals surface area contributed by atoms with Gasteiger partial charge in [-0.1, -0.05) is 44.9 Å². The first-order valence-corrected chi connectivity index (χ1v) is 11.9. The fourth-order valence-corrected chi connectivity index (χ4v) is 6.30. The maximum absolute atomic E-state index is 13.0. The number of carboxylic acids is 1. The molecule has 170 valence electrons. The smallest absolute Gasteiger partial charge is 0.309 e. The Labute approximate surface area is 195 Å². The number of amides is 1. The van der Waals surface area contributed by atoms with Crippen LogP contribution in [0, 0.1) is 11.3 Å². The lowest BCUT2D eigenvalue weighted by Gasteiger charge is -2.53. The van der Waals surface area contributed by atoms with Crippen LogP contribution in [0.4, 0.5) is 5.69 Å². The first-order chi connectivity index (χ1) is 15.1. The van der Waals surface area contributed by atoms with Gasteiger partial charge in [0, 0.05) is 16.3 Å². The SMILES string of the molecule is CC(C)c1cc2c(cc1NC(=O)c1ccc(Cl)cc1)[C@@]1(C)CCC[C@@](C)(C(=O)O)[C@@H]1CC2. The van der Waals surface area contributed by atoms with Crippen LogP contribution in [0.25, 0.3) is 0 Å². The van der Waals surface area contributed by atoms with Crippen molar-refractivity contribution in [3.8, 4) is 0 Å². The zero-order valence-electron chi connectivity index (χ0n) is 19.3. The third-order valence-corrected chi connectivity index (χ3v) is 8.24. The Hall–Kier alpha value is -2.33. The maximum atomic E-state index is 13.0. The van der Waals surface area contributed by atoms with Gasteiger partial charge in [-0.25, -0.2) is 0 Å². The number of anilines is 1. The molecule has 2 N–H and O–H groups in total. The van der Waals surface area contributed by atoms with Crippen molar-refractivity contribution in [2.75, 3.05) is 5.32 Å². The molecule has 0 radical (unpaired) electrons. The number of hydrogen-bond acceptors (Lipinski definition) is 2. The van der Waals surface area contributed by atoms with E-state index in [1.807, 2.05) is 6.92 Å². The van der Waals surface area contributed by atoms with Crippen molar-refractivity contribution in [1.82, 2.24) is 0 Å². The van der Waals surface area contributed by atoms with E-state index in [9.17, 15) is 14.7 Å². The number of nitrogens with one attached hydrogen (secondary N) is 1. The molecule has 1 saturated carbocycles. The summed E-state index contributed by atoms with van der Waals surface area (Å²) in [5.74, 6) is -0.521. The average molecular weight is 454 g/mol. The summed E-state index contributed by atoms with van der Waals surface area (Å²) in [6.07, 6.45) is 4.36. The molecule has 0 heterocycles. The van der Waals surface area contributed by atoms with Crippen LogP contribution in [0.2, 0.25) is 5.02 Å². The summed E-state index contributed by atoms with van der Waals surface area (Å²) in [6, 6.07) is 11.3. The molecule has 2 aromatic carbocycles. The van der Waals surface area contributed by atoms with Crippen LogP contribution in [0.5, 0.6) is 0 Å². The molecule has 1 amide bonds. The summed E-state index contributed by atoms with van der Waals surface area (Å²) in [4.78, 5) is 25.2. The molecule has 1 fully saturated rings. The third kappa shape index (κ3) is 3.73. The normalized spacial score (nSPS) is 26.9. The van der Waals surface area contributed by atoms with Gasteiger partial charge >= 0.3 is 5.97 Å². The fourth-order valence-electron chi connectivity index (χ4n) is 6.17. The van der Waals surface area contributed by atoms with Gasteiger partial charge in [0.05, 0.1) is 5.41 Å². The van der Waals surface area contributed by atoms with E-state index in [0.29, 0.717) is 10.6 Å². The van der Waals surface area contributed by atoms with Crippen molar-refractivity contribution in [1.29, 1.82) is 0 Å². The number of rotatable bonds is 4. The molecule has 0 unspecified atom stereocenters. The maximum Gasteiger partial charge on any atom is 0.309 e. The number of carboxylic acid groups (broad SMARTS) is 1. The number of halogens is 1. The number of aryl methyl sites for hydroxylation is 1. The summed E-state index contributed by atoms with van der Waals surface area (Å²) in [7, 11) is 0. The first kappa shape index (κ1) is 22.8. The van der Waals surface area contributed by atoms with E-state index >= 15 is 0 Å². The minimum atomic E-state index is -0.714. The lowest BCUT2D eigenvalue weighted by Crippen LogP contribution is -2.52. The molecular weight excluding hydrogens is 422 g/mol. The molecule has 4 nitrogen and oxygen atoms in total. The van der Waals surface area contributed by atoms with Gasteiger partial charge in [-0.05, 0) is 96.9 Å². The Bertz CT molecular complexity index is 1060. The number of hydrogen-bond donors (Lipinski definition) is 2. The minimum Gasteiger partial charge on any atom is -0.481 e. The highest BCUT2D eigenvalue weighted by Crippen LogP contribution is 2.58. The highest BCUT2D eigenvalue weighted by molar-refractivity contribution is 6.30. The number of aliphatic carboxylic acids is 1. The summed E-state index contributed by atoms with van der Waals surface area (Å²) >= 11 is 5.97. The van der Waals surface area contributed by atoms with Gasteiger partial charge < -0.3 is 10.4 Å². The third-order valence-electron chi connectivity index (χ3n) is 7.99. The Balaban J connectivity index is 1.77. The molecule has 0 aliphatic heterocycles. The van der Waals surface area contributed by atoms with Crippen LogP contribution in [0.1, 0.15) is 86.3 Å². The molecule has 0 aromatic heterocycles. The standard InChI is InChI=1S/C27H32ClNO3/c1-16(2)20-14-18-8-11-23-26(3,12-5-13-27(23,4)25(31)32)21(18)15-22(20)29-24(30)17-6-9-19(28)10-7-17/h6-7,9-10,14-16,23H,5,8,11-13H2,1-4H3,(H,29,30)(H,31,32)/t23-,26-,27-/m1/s1. The van der Waals surface area contributed by atoms with E-state index in [-0.39, 0.29) is 23.2 Å². The molecule has 32 heavy (non-hydrogen) atoms. The van der Waals surface area contributed by atoms with E-state index in [1.54, 1.807) is 24.3 Å². The fraction of sp³-hybridized carbons (Fsp3) is 0.481. The van der Waals surface area contributed by atoms with Gasteiger partial charge in [0.25, 0.3) is 5.91 Å². The summed E-state index contributed by atoms with van der Waals surface area (Å²) in [6.45, 7) is 8.42. The van der Waals surface area contributed by atoms with Crippen molar-refractivity contribution < 1.29 is 14.7 Å². The van der Waals surface area contributed by atoms with Crippen molar-refractivity contribution in [2.24, 2.45) is 11.3 Å².